The molecule has 0 aliphatic carbocycles. The number of hydrogen-bond donors (Lipinski definition) is 0. The monoisotopic (exact) mass is 363 g/mol. The van der Waals surface area contributed by atoms with Gasteiger partial charge < -0.3 is 9.47 Å². The quantitative estimate of drug-likeness (QED) is 0.491. The molecule has 4 amide bonds. The van der Waals surface area contributed by atoms with Crippen LogP contribution in [0.2, 0.25) is 0 Å². The van der Waals surface area contributed by atoms with Crippen LogP contribution in [0.4, 0.5) is 4.79 Å². The van der Waals surface area contributed by atoms with E-state index in [1.54, 1.807) is 19.1 Å². The topological polar surface area (TPSA) is 79.4 Å². The van der Waals surface area contributed by atoms with Crippen molar-refractivity contribution in [3.05, 3.63) is 23.8 Å². The lowest BCUT2D eigenvalue weighted by Gasteiger charge is -2.22. The number of methoxy groups -OCH3 is 1. The number of hydrogen-bond acceptors (Lipinski definition) is 6. The molecule has 1 fully saturated rings. The first-order valence-corrected chi connectivity index (χ1v) is 8.58. The fourth-order valence-electron chi connectivity index (χ4n) is 2.78. The summed E-state index contributed by atoms with van der Waals surface area (Å²) in [5.74, 6) is -0.255. The van der Waals surface area contributed by atoms with E-state index < -0.39 is 17.8 Å². The molecule has 8 nitrogen and oxygen atoms in total. The molecule has 0 atom stereocenters. The number of benzene rings is 1. The molecule has 0 radical (unpaired) electrons. The third-order valence-corrected chi connectivity index (χ3v) is 3.95. The SMILES string of the molecule is CCCN1C(=O)C(=O)N(CN(C)Cc2ccc(OCC)c(OC)c2)C1=O. The van der Waals surface area contributed by atoms with Gasteiger partial charge in [0.05, 0.1) is 20.4 Å². The summed E-state index contributed by atoms with van der Waals surface area (Å²) in [6.45, 7) is 5.05. The van der Waals surface area contributed by atoms with Crippen molar-refractivity contribution in [2.75, 3.05) is 34.0 Å². The van der Waals surface area contributed by atoms with Crippen molar-refractivity contribution in [3.63, 3.8) is 0 Å². The highest BCUT2D eigenvalue weighted by atomic mass is 16.5. The van der Waals surface area contributed by atoms with Gasteiger partial charge in [0, 0.05) is 13.1 Å². The van der Waals surface area contributed by atoms with E-state index in [1.165, 1.54) is 0 Å². The molecule has 0 saturated carbocycles. The highest BCUT2D eigenvalue weighted by Crippen LogP contribution is 2.28. The summed E-state index contributed by atoms with van der Waals surface area (Å²) >= 11 is 0. The van der Waals surface area contributed by atoms with Crippen LogP contribution in [-0.2, 0) is 16.1 Å². The van der Waals surface area contributed by atoms with E-state index in [1.807, 2.05) is 32.0 Å². The van der Waals surface area contributed by atoms with Crippen molar-refractivity contribution < 1.29 is 23.9 Å². The molecule has 142 valence electrons. The third kappa shape index (κ3) is 4.13. The molecule has 0 aromatic heterocycles. The molecule has 0 spiro atoms. The Hall–Kier alpha value is -2.61. The highest BCUT2D eigenvalue weighted by molar-refractivity contribution is 6.44. The number of carbonyl (C=O) groups excluding carboxylic acids is 3. The minimum Gasteiger partial charge on any atom is -0.493 e. The highest BCUT2D eigenvalue weighted by Gasteiger charge is 2.44. The molecule has 2 rings (SSSR count). The predicted molar refractivity (Wildman–Crippen MR) is 94.7 cm³/mol. The Balaban J connectivity index is 2.04. The van der Waals surface area contributed by atoms with Crippen LogP contribution >= 0.6 is 0 Å². The van der Waals surface area contributed by atoms with Gasteiger partial charge in [0.1, 0.15) is 0 Å². The van der Waals surface area contributed by atoms with E-state index >= 15 is 0 Å². The Bertz CT molecular complexity index is 691. The summed E-state index contributed by atoms with van der Waals surface area (Å²) in [5, 5.41) is 0. The van der Waals surface area contributed by atoms with Crippen LogP contribution in [0.15, 0.2) is 18.2 Å². The molecule has 0 bridgehead atoms. The smallest absolute Gasteiger partial charge is 0.335 e. The van der Waals surface area contributed by atoms with Gasteiger partial charge in [-0.2, -0.15) is 0 Å². The summed E-state index contributed by atoms with van der Waals surface area (Å²) < 4.78 is 10.8. The first kappa shape index (κ1) is 19.7. The Kier molecular flexibility index (Phi) is 6.57. The maximum absolute atomic E-state index is 12.3. The predicted octanol–water partition coefficient (Wildman–Crippen LogP) is 1.68. The van der Waals surface area contributed by atoms with Gasteiger partial charge in [-0.05, 0) is 38.1 Å². The van der Waals surface area contributed by atoms with E-state index in [2.05, 4.69) is 0 Å². The second-order valence-corrected chi connectivity index (χ2v) is 6.05. The standard InChI is InChI=1S/C18H25N3O5/c1-5-9-20-16(22)17(23)21(18(20)24)12-19(3)11-13-7-8-14(26-6-2)15(10-13)25-4/h7-8,10H,5-6,9,11-12H2,1-4H3. The molecule has 1 saturated heterocycles. The van der Waals surface area contributed by atoms with Gasteiger partial charge in [-0.3, -0.25) is 19.4 Å². The zero-order valence-electron chi connectivity index (χ0n) is 15.7. The van der Waals surface area contributed by atoms with Crippen LogP contribution in [0.3, 0.4) is 0 Å². The number of imide groups is 2. The molecule has 8 heteroatoms. The lowest BCUT2D eigenvalue weighted by molar-refractivity contribution is -0.143. The molecular weight excluding hydrogens is 338 g/mol. The molecule has 1 aromatic rings. The minimum atomic E-state index is -0.778. The molecule has 1 aromatic carbocycles. The van der Waals surface area contributed by atoms with Crippen molar-refractivity contribution in [1.82, 2.24) is 14.7 Å². The molecular formula is C18H25N3O5. The van der Waals surface area contributed by atoms with E-state index in [0.717, 1.165) is 15.4 Å². The van der Waals surface area contributed by atoms with Gasteiger partial charge in [-0.1, -0.05) is 13.0 Å². The summed E-state index contributed by atoms with van der Waals surface area (Å²) in [6.07, 6.45) is 0.612. The number of rotatable bonds is 9. The fourth-order valence-corrected chi connectivity index (χ4v) is 2.78. The lowest BCUT2D eigenvalue weighted by Crippen LogP contribution is -2.40. The first-order valence-electron chi connectivity index (χ1n) is 8.58. The molecule has 1 heterocycles. The van der Waals surface area contributed by atoms with E-state index in [4.69, 9.17) is 9.47 Å². The van der Waals surface area contributed by atoms with Crippen molar-refractivity contribution in [3.8, 4) is 11.5 Å². The van der Waals surface area contributed by atoms with Crippen LogP contribution in [-0.4, -0.2) is 66.5 Å². The van der Waals surface area contributed by atoms with Crippen LogP contribution in [0.25, 0.3) is 0 Å². The average Bonchev–Trinajstić information content (AvgIpc) is 2.81. The van der Waals surface area contributed by atoms with E-state index in [9.17, 15) is 14.4 Å². The minimum absolute atomic E-state index is 0.0408. The molecule has 1 aliphatic heterocycles. The van der Waals surface area contributed by atoms with Crippen molar-refractivity contribution in [2.24, 2.45) is 0 Å². The van der Waals surface area contributed by atoms with Crippen LogP contribution in [0, 0.1) is 0 Å². The van der Waals surface area contributed by atoms with Crippen LogP contribution in [0.5, 0.6) is 11.5 Å². The number of ether oxygens (including phenoxy) is 2. The Morgan fingerprint density at radius 3 is 2.35 bits per heavy atom. The van der Waals surface area contributed by atoms with Crippen LogP contribution < -0.4 is 9.47 Å². The van der Waals surface area contributed by atoms with E-state index in [-0.39, 0.29) is 13.2 Å². The largest absolute Gasteiger partial charge is 0.493 e. The number of nitrogens with zero attached hydrogens (tertiary/aromatic N) is 3. The van der Waals surface area contributed by atoms with Crippen LogP contribution in [0.1, 0.15) is 25.8 Å². The average molecular weight is 363 g/mol. The summed E-state index contributed by atoms with van der Waals surface area (Å²) in [5.41, 5.74) is 0.934. The third-order valence-electron chi connectivity index (χ3n) is 3.95. The van der Waals surface area contributed by atoms with Gasteiger partial charge in [0.2, 0.25) is 0 Å². The Labute approximate surface area is 153 Å². The van der Waals surface area contributed by atoms with Gasteiger partial charge in [0.25, 0.3) is 0 Å². The van der Waals surface area contributed by atoms with Gasteiger partial charge in [-0.15, -0.1) is 0 Å². The van der Waals surface area contributed by atoms with Gasteiger partial charge >= 0.3 is 17.8 Å². The molecule has 0 unspecified atom stereocenters. The van der Waals surface area contributed by atoms with Crippen molar-refractivity contribution in [2.45, 2.75) is 26.8 Å². The van der Waals surface area contributed by atoms with Gasteiger partial charge in [0.15, 0.2) is 11.5 Å². The van der Waals surface area contributed by atoms with Gasteiger partial charge in [-0.25, -0.2) is 9.69 Å². The second-order valence-electron chi connectivity index (χ2n) is 6.05. The lowest BCUT2D eigenvalue weighted by atomic mass is 10.2. The van der Waals surface area contributed by atoms with Crippen molar-refractivity contribution in [1.29, 1.82) is 0 Å². The maximum Gasteiger partial charge on any atom is 0.335 e. The second kappa shape index (κ2) is 8.66. The summed E-state index contributed by atoms with van der Waals surface area (Å²) in [6, 6.07) is 5.01. The van der Waals surface area contributed by atoms with E-state index in [0.29, 0.717) is 31.1 Å². The molecule has 1 aliphatic rings. The van der Waals surface area contributed by atoms with Crippen molar-refractivity contribution >= 4 is 17.8 Å². The summed E-state index contributed by atoms with van der Waals surface area (Å²) in [7, 11) is 3.34. The zero-order valence-corrected chi connectivity index (χ0v) is 15.7. The number of amides is 4. The Morgan fingerprint density at radius 1 is 1.04 bits per heavy atom. The number of carbonyl (C=O) groups is 3. The normalized spacial score (nSPS) is 14.6. The Morgan fingerprint density at radius 2 is 1.73 bits per heavy atom. The fraction of sp³-hybridized carbons (Fsp3) is 0.500. The maximum atomic E-state index is 12.3. The number of urea groups is 1. The molecule has 26 heavy (non-hydrogen) atoms. The summed E-state index contributed by atoms with van der Waals surface area (Å²) in [4.78, 5) is 40.0. The first-order chi connectivity index (χ1) is 12.4. The molecule has 0 N–H and O–H groups in total. The zero-order chi connectivity index (χ0) is 19.3.